The van der Waals surface area contributed by atoms with E-state index in [4.69, 9.17) is 14.6 Å². The smallest absolute Gasteiger partial charge is 0.407 e. The van der Waals surface area contributed by atoms with Gasteiger partial charge in [0.1, 0.15) is 0 Å². The van der Waals surface area contributed by atoms with Crippen molar-refractivity contribution in [3.63, 3.8) is 0 Å². The normalized spacial score (nSPS) is 9.86. The van der Waals surface area contributed by atoms with Crippen molar-refractivity contribution in [2.75, 3.05) is 33.0 Å². The fraction of sp³-hybridized carbons (Fsp3) is 0.889. The zero-order chi connectivity index (χ0) is 10.6. The highest BCUT2D eigenvalue weighted by Crippen LogP contribution is 1.87. The monoisotopic (exact) mass is 205 g/mol. The van der Waals surface area contributed by atoms with E-state index in [0.29, 0.717) is 26.4 Å². The van der Waals surface area contributed by atoms with Gasteiger partial charge >= 0.3 is 6.09 Å². The quantitative estimate of drug-likeness (QED) is 0.567. The highest BCUT2D eigenvalue weighted by atomic mass is 16.5. The van der Waals surface area contributed by atoms with Gasteiger partial charge in [0.25, 0.3) is 0 Å². The Bertz CT molecular complexity index is 141. The van der Waals surface area contributed by atoms with E-state index < -0.39 is 6.09 Å². The van der Waals surface area contributed by atoms with Gasteiger partial charge in [0, 0.05) is 6.54 Å². The summed E-state index contributed by atoms with van der Waals surface area (Å²) in [6.07, 6.45) is 1.48. The molecular weight excluding hydrogens is 186 g/mol. The van der Waals surface area contributed by atoms with E-state index >= 15 is 0 Å². The molecule has 5 heteroatoms. The van der Waals surface area contributed by atoms with Crippen LogP contribution < -0.4 is 5.32 Å². The van der Waals surface area contributed by atoms with Crippen molar-refractivity contribution in [3.05, 3.63) is 0 Å². The first-order valence-corrected chi connectivity index (χ1v) is 4.90. The van der Waals surface area contributed by atoms with Gasteiger partial charge in [-0.3, -0.25) is 0 Å². The summed E-state index contributed by atoms with van der Waals surface area (Å²) in [6.45, 7) is 3.59. The van der Waals surface area contributed by atoms with Crippen LogP contribution in [-0.4, -0.2) is 44.2 Å². The van der Waals surface area contributed by atoms with E-state index in [1.54, 1.807) is 0 Å². The van der Waals surface area contributed by atoms with Gasteiger partial charge in [-0.15, -0.1) is 0 Å². The van der Waals surface area contributed by atoms with Crippen molar-refractivity contribution in [1.29, 1.82) is 0 Å². The number of hydrogen-bond acceptors (Lipinski definition) is 4. The Kier molecular flexibility index (Phi) is 9.68. The van der Waals surface area contributed by atoms with Crippen molar-refractivity contribution in [2.45, 2.75) is 19.8 Å². The Labute approximate surface area is 84.4 Å². The van der Waals surface area contributed by atoms with E-state index in [-0.39, 0.29) is 6.61 Å². The van der Waals surface area contributed by atoms with Crippen molar-refractivity contribution in [1.82, 2.24) is 5.32 Å². The zero-order valence-corrected chi connectivity index (χ0v) is 8.62. The van der Waals surface area contributed by atoms with Crippen LogP contribution in [0.15, 0.2) is 0 Å². The molecule has 1 amide bonds. The predicted octanol–water partition coefficient (Wildman–Crippen LogP) is 0.522. The Morgan fingerprint density at radius 3 is 2.79 bits per heavy atom. The minimum Gasteiger partial charge on any atom is -0.450 e. The number of unbranched alkanes of at least 4 members (excludes halogenated alkanes) is 1. The second-order valence-corrected chi connectivity index (χ2v) is 2.75. The van der Waals surface area contributed by atoms with Gasteiger partial charge in [0.2, 0.25) is 0 Å². The van der Waals surface area contributed by atoms with Crippen LogP contribution in [-0.2, 0) is 9.47 Å². The van der Waals surface area contributed by atoms with Crippen molar-refractivity contribution < 1.29 is 19.4 Å². The number of carbonyl (C=O) groups is 1. The molecule has 0 bridgehead atoms. The van der Waals surface area contributed by atoms with E-state index in [2.05, 4.69) is 5.32 Å². The lowest BCUT2D eigenvalue weighted by molar-refractivity contribution is 0.0906. The standard InChI is InChI=1S/C9H19NO4/c1-2-3-6-14-9(12)10-4-7-13-8-5-11/h11H,2-8H2,1H3,(H,10,12). The maximum atomic E-state index is 10.9. The fourth-order valence-corrected chi connectivity index (χ4v) is 0.752. The topological polar surface area (TPSA) is 67.8 Å². The van der Waals surface area contributed by atoms with Crippen molar-refractivity contribution in [3.8, 4) is 0 Å². The summed E-state index contributed by atoms with van der Waals surface area (Å²) in [5.41, 5.74) is 0. The molecule has 14 heavy (non-hydrogen) atoms. The first kappa shape index (κ1) is 13.2. The molecule has 0 atom stereocenters. The molecule has 0 rings (SSSR count). The molecule has 0 aromatic heterocycles. The number of ether oxygens (including phenoxy) is 2. The first-order valence-electron chi connectivity index (χ1n) is 4.90. The lowest BCUT2D eigenvalue weighted by Gasteiger charge is -2.06. The predicted molar refractivity (Wildman–Crippen MR) is 52.2 cm³/mol. The summed E-state index contributed by atoms with van der Waals surface area (Å²) in [5, 5.41) is 10.9. The molecular formula is C9H19NO4. The van der Waals surface area contributed by atoms with E-state index in [1.807, 2.05) is 6.92 Å². The average molecular weight is 205 g/mol. The summed E-state index contributed by atoms with van der Waals surface area (Å²) in [4.78, 5) is 10.9. The Hall–Kier alpha value is -0.810. The first-order chi connectivity index (χ1) is 6.81. The average Bonchev–Trinajstić information content (AvgIpc) is 2.18. The van der Waals surface area contributed by atoms with Crippen LogP contribution >= 0.6 is 0 Å². The maximum absolute atomic E-state index is 10.9. The van der Waals surface area contributed by atoms with Gasteiger partial charge in [-0.2, -0.15) is 0 Å². The molecule has 0 unspecified atom stereocenters. The molecule has 0 radical (unpaired) electrons. The summed E-state index contributed by atoms with van der Waals surface area (Å²) in [5.74, 6) is 0. The minimum atomic E-state index is -0.411. The highest BCUT2D eigenvalue weighted by molar-refractivity contribution is 5.66. The molecule has 0 aliphatic rings. The fourth-order valence-electron chi connectivity index (χ4n) is 0.752. The van der Waals surface area contributed by atoms with Crippen molar-refractivity contribution in [2.24, 2.45) is 0 Å². The number of carbonyl (C=O) groups excluding carboxylic acids is 1. The second kappa shape index (κ2) is 10.3. The van der Waals surface area contributed by atoms with Gasteiger partial charge in [0.15, 0.2) is 0 Å². The van der Waals surface area contributed by atoms with Crippen LogP contribution in [0.4, 0.5) is 4.79 Å². The molecule has 0 aliphatic heterocycles. The third-order valence-corrected chi connectivity index (χ3v) is 1.48. The Morgan fingerprint density at radius 2 is 2.14 bits per heavy atom. The van der Waals surface area contributed by atoms with Crippen molar-refractivity contribution >= 4 is 6.09 Å². The summed E-state index contributed by atoms with van der Waals surface area (Å²) in [7, 11) is 0. The summed E-state index contributed by atoms with van der Waals surface area (Å²) >= 11 is 0. The van der Waals surface area contributed by atoms with Crippen LogP contribution in [0.1, 0.15) is 19.8 Å². The van der Waals surface area contributed by atoms with Gasteiger partial charge in [-0.25, -0.2) is 4.79 Å². The molecule has 0 aromatic carbocycles. The van der Waals surface area contributed by atoms with Crippen LogP contribution in [0.25, 0.3) is 0 Å². The molecule has 0 fully saturated rings. The number of rotatable bonds is 8. The summed E-state index contributed by atoms with van der Waals surface area (Å²) in [6, 6.07) is 0. The molecule has 84 valence electrons. The third-order valence-electron chi connectivity index (χ3n) is 1.48. The third kappa shape index (κ3) is 9.28. The number of nitrogens with one attached hydrogen (secondary N) is 1. The number of aliphatic hydroxyl groups is 1. The molecule has 2 N–H and O–H groups in total. The molecule has 0 aliphatic carbocycles. The highest BCUT2D eigenvalue weighted by Gasteiger charge is 1.99. The molecule has 0 saturated carbocycles. The number of alkyl carbamates (subject to hydrolysis) is 1. The maximum Gasteiger partial charge on any atom is 0.407 e. The number of aliphatic hydroxyl groups excluding tert-OH is 1. The van der Waals surface area contributed by atoms with Crippen LogP contribution in [0.5, 0.6) is 0 Å². The lowest BCUT2D eigenvalue weighted by atomic mass is 10.4. The van der Waals surface area contributed by atoms with Gasteiger partial charge in [0.05, 0.1) is 26.4 Å². The van der Waals surface area contributed by atoms with Crippen LogP contribution in [0.3, 0.4) is 0 Å². The van der Waals surface area contributed by atoms with Gasteiger partial charge in [-0.05, 0) is 6.42 Å². The molecule has 0 heterocycles. The van der Waals surface area contributed by atoms with Crippen LogP contribution in [0.2, 0.25) is 0 Å². The Morgan fingerprint density at radius 1 is 1.36 bits per heavy atom. The number of hydrogen-bond donors (Lipinski definition) is 2. The largest absolute Gasteiger partial charge is 0.450 e. The van der Waals surface area contributed by atoms with E-state index in [9.17, 15) is 4.79 Å². The van der Waals surface area contributed by atoms with E-state index in [1.165, 1.54) is 0 Å². The molecule has 0 saturated heterocycles. The second-order valence-electron chi connectivity index (χ2n) is 2.75. The minimum absolute atomic E-state index is 0.000939. The SMILES string of the molecule is CCCCOC(=O)NCCOCCO. The summed E-state index contributed by atoms with van der Waals surface area (Å²) < 4.78 is 9.77. The van der Waals surface area contributed by atoms with Gasteiger partial charge < -0.3 is 19.9 Å². The molecule has 0 aromatic rings. The molecule has 0 spiro atoms. The lowest BCUT2D eigenvalue weighted by Crippen LogP contribution is -2.28. The zero-order valence-electron chi connectivity index (χ0n) is 8.62. The molecule has 5 nitrogen and oxygen atoms in total. The van der Waals surface area contributed by atoms with Gasteiger partial charge in [-0.1, -0.05) is 13.3 Å². The van der Waals surface area contributed by atoms with E-state index in [0.717, 1.165) is 12.8 Å². The Balaban J connectivity index is 3.10. The number of amides is 1. The van der Waals surface area contributed by atoms with Crippen LogP contribution in [0, 0.1) is 0 Å².